The first-order valence-electron chi connectivity index (χ1n) is 7.69. The van der Waals surface area contributed by atoms with Gasteiger partial charge in [0.15, 0.2) is 0 Å². The molecule has 0 bridgehead atoms. The molecule has 5 nitrogen and oxygen atoms in total. The third kappa shape index (κ3) is 9.74. The van der Waals surface area contributed by atoms with Crippen molar-refractivity contribution in [1.82, 2.24) is 5.32 Å². The monoisotopic (exact) mass is 333 g/mol. The lowest BCUT2D eigenvalue weighted by Gasteiger charge is -2.08. The topological polar surface area (TPSA) is 78.8 Å². The van der Waals surface area contributed by atoms with Gasteiger partial charge in [0.05, 0.1) is 0 Å². The van der Waals surface area contributed by atoms with Crippen molar-refractivity contribution >= 4 is 6.79 Å². The number of carbonyl (C=O) groups excluding carboxylic acids is 1. The van der Waals surface area contributed by atoms with Crippen LogP contribution in [-0.2, 0) is 17.9 Å². The number of nitrogens with one attached hydrogen (secondary N) is 1. The van der Waals surface area contributed by atoms with Crippen molar-refractivity contribution in [3.8, 4) is 5.75 Å². The number of aliphatic hydroxyl groups is 2. The minimum atomic E-state index is 0.235. The van der Waals surface area contributed by atoms with Gasteiger partial charge >= 0.3 is 0 Å². The predicted molar refractivity (Wildman–Crippen MR) is 95.9 cm³/mol. The number of benzene rings is 2. The minimum absolute atomic E-state index is 0.235. The third-order valence-corrected chi connectivity index (χ3v) is 3.01. The Hall–Kier alpha value is -2.21. The Kier molecular flexibility index (Phi) is 14.2. The number of ether oxygens (including phenoxy) is 1. The number of aliphatic hydroxyl groups excluding tert-OH is 2. The molecule has 0 saturated carbocycles. The summed E-state index contributed by atoms with van der Waals surface area (Å²) < 4.78 is 5.74. The molecule has 0 spiro atoms. The predicted octanol–water partition coefficient (Wildman–Crippen LogP) is 2.16. The fourth-order valence-electron chi connectivity index (χ4n) is 1.88. The van der Waals surface area contributed by atoms with Crippen LogP contribution in [0.1, 0.15) is 17.5 Å². The maximum atomic E-state index is 8.70. The van der Waals surface area contributed by atoms with Gasteiger partial charge in [-0.2, -0.15) is 0 Å². The summed E-state index contributed by atoms with van der Waals surface area (Å²) in [6.45, 7) is 4.48. The lowest BCUT2D eigenvalue weighted by atomic mass is 10.2. The smallest absolute Gasteiger partial charge is 0.119 e. The summed E-state index contributed by atoms with van der Waals surface area (Å²) in [5, 5.41) is 19.0. The summed E-state index contributed by atoms with van der Waals surface area (Å²) >= 11 is 0. The van der Waals surface area contributed by atoms with E-state index in [0.29, 0.717) is 6.61 Å². The van der Waals surface area contributed by atoms with Crippen LogP contribution in [0.15, 0.2) is 54.6 Å². The van der Waals surface area contributed by atoms with Crippen LogP contribution < -0.4 is 10.1 Å². The molecule has 0 aliphatic carbocycles. The molecule has 132 valence electrons. The largest absolute Gasteiger partial charge is 0.489 e. The highest BCUT2D eigenvalue weighted by atomic mass is 16.5. The molecule has 0 saturated heterocycles. The van der Waals surface area contributed by atoms with E-state index in [2.05, 4.69) is 29.6 Å². The molecule has 0 aliphatic heterocycles. The third-order valence-electron chi connectivity index (χ3n) is 3.01. The molecule has 5 heteroatoms. The van der Waals surface area contributed by atoms with Crippen LogP contribution >= 0.6 is 0 Å². The fraction of sp³-hybridized carbons (Fsp3) is 0.316. The minimum Gasteiger partial charge on any atom is -0.489 e. The van der Waals surface area contributed by atoms with Crippen LogP contribution in [0.3, 0.4) is 0 Å². The normalized spacial score (nSPS) is 9.12. The second kappa shape index (κ2) is 15.7. The van der Waals surface area contributed by atoms with Gasteiger partial charge in [0, 0.05) is 20.3 Å². The van der Waals surface area contributed by atoms with Gasteiger partial charge in [-0.3, -0.25) is 0 Å². The fourth-order valence-corrected chi connectivity index (χ4v) is 1.88. The molecule has 0 amide bonds. The molecule has 0 aromatic heterocycles. The van der Waals surface area contributed by atoms with E-state index in [9.17, 15) is 0 Å². The molecule has 0 fully saturated rings. The van der Waals surface area contributed by atoms with Crippen molar-refractivity contribution in [2.24, 2.45) is 0 Å². The Morgan fingerprint density at radius 1 is 0.958 bits per heavy atom. The maximum Gasteiger partial charge on any atom is 0.119 e. The van der Waals surface area contributed by atoms with E-state index in [1.165, 1.54) is 11.1 Å². The lowest BCUT2D eigenvalue weighted by molar-refractivity contribution is -0.0979. The average molecular weight is 333 g/mol. The molecule has 0 unspecified atom stereocenters. The molecule has 0 heterocycles. The first kappa shape index (κ1) is 21.8. The van der Waals surface area contributed by atoms with Crippen molar-refractivity contribution in [2.75, 3.05) is 20.3 Å². The quantitative estimate of drug-likeness (QED) is 0.645. The number of hydrogen-bond donors (Lipinski definition) is 3. The van der Waals surface area contributed by atoms with E-state index >= 15 is 0 Å². The zero-order chi connectivity index (χ0) is 18.0. The number of hydrogen-bond acceptors (Lipinski definition) is 5. The van der Waals surface area contributed by atoms with Crippen molar-refractivity contribution in [3.63, 3.8) is 0 Å². The second-order valence-corrected chi connectivity index (χ2v) is 4.67. The Bertz CT molecular complexity index is 503. The van der Waals surface area contributed by atoms with Gasteiger partial charge in [-0.15, -0.1) is 0 Å². The molecule has 3 N–H and O–H groups in total. The molecule has 2 rings (SSSR count). The van der Waals surface area contributed by atoms with Crippen LogP contribution in [0.4, 0.5) is 0 Å². The highest BCUT2D eigenvalue weighted by Crippen LogP contribution is 2.14. The zero-order valence-corrected chi connectivity index (χ0v) is 14.1. The summed E-state index contributed by atoms with van der Waals surface area (Å²) in [6.07, 6.45) is 0.790. The maximum absolute atomic E-state index is 8.70. The summed E-state index contributed by atoms with van der Waals surface area (Å²) in [5.41, 5.74) is 2.39. The van der Waals surface area contributed by atoms with Crippen molar-refractivity contribution in [1.29, 1.82) is 0 Å². The van der Waals surface area contributed by atoms with Crippen LogP contribution in [0.5, 0.6) is 5.75 Å². The second-order valence-electron chi connectivity index (χ2n) is 4.67. The van der Waals surface area contributed by atoms with E-state index in [1.807, 2.05) is 37.1 Å². The lowest BCUT2D eigenvalue weighted by Crippen LogP contribution is -2.15. The first-order valence-corrected chi connectivity index (χ1v) is 7.69. The van der Waals surface area contributed by atoms with E-state index in [-0.39, 0.29) is 6.61 Å². The Balaban J connectivity index is 0.00000123. The van der Waals surface area contributed by atoms with Crippen molar-refractivity contribution in [3.05, 3.63) is 65.7 Å². The highest BCUT2D eigenvalue weighted by molar-refractivity contribution is 5.27. The molecular formula is C19H27NO4. The van der Waals surface area contributed by atoms with Gasteiger partial charge < -0.3 is 25.1 Å². The Morgan fingerprint density at radius 3 is 2.17 bits per heavy atom. The molecule has 2 aromatic rings. The SMILES string of the molecule is C=O.CO.OCCCNCc1ccc(OCc2ccccc2)cc1. The standard InChI is InChI=1S/C17H21NO2.CH4O.CH2O/c19-12-4-11-18-13-15-7-9-17(10-8-15)20-14-16-5-2-1-3-6-16;2*1-2/h1-3,5-10,18-19H,4,11-14H2;2H,1H3;1H2. The van der Waals surface area contributed by atoms with Gasteiger partial charge in [-0.25, -0.2) is 0 Å². The Morgan fingerprint density at radius 2 is 1.58 bits per heavy atom. The highest BCUT2D eigenvalue weighted by Gasteiger charge is 1.97. The van der Waals surface area contributed by atoms with Crippen LogP contribution in [0, 0.1) is 0 Å². The van der Waals surface area contributed by atoms with Gasteiger partial charge in [0.1, 0.15) is 19.1 Å². The van der Waals surface area contributed by atoms with Gasteiger partial charge in [-0.05, 0) is 36.2 Å². The number of carbonyl (C=O) groups is 1. The van der Waals surface area contributed by atoms with E-state index < -0.39 is 0 Å². The Labute approximate surface area is 143 Å². The molecule has 0 atom stereocenters. The summed E-state index contributed by atoms with van der Waals surface area (Å²) in [5.74, 6) is 0.882. The van der Waals surface area contributed by atoms with E-state index in [4.69, 9.17) is 19.7 Å². The molecule has 2 aromatic carbocycles. The summed E-state index contributed by atoms with van der Waals surface area (Å²) in [7, 11) is 1.00. The average Bonchev–Trinajstić information content (AvgIpc) is 2.68. The zero-order valence-electron chi connectivity index (χ0n) is 14.1. The first-order chi connectivity index (χ1) is 11.9. The van der Waals surface area contributed by atoms with Gasteiger partial charge in [-0.1, -0.05) is 42.5 Å². The molecule has 24 heavy (non-hydrogen) atoms. The van der Waals surface area contributed by atoms with Crippen LogP contribution in [0.25, 0.3) is 0 Å². The van der Waals surface area contributed by atoms with Gasteiger partial charge in [0.2, 0.25) is 0 Å². The van der Waals surface area contributed by atoms with Crippen LogP contribution in [-0.4, -0.2) is 37.3 Å². The molecule has 0 aliphatic rings. The molecular weight excluding hydrogens is 306 g/mol. The summed E-state index contributed by atoms with van der Waals surface area (Å²) in [4.78, 5) is 8.00. The van der Waals surface area contributed by atoms with Crippen molar-refractivity contribution in [2.45, 2.75) is 19.6 Å². The number of rotatable bonds is 8. The van der Waals surface area contributed by atoms with Crippen molar-refractivity contribution < 1.29 is 19.7 Å². The van der Waals surface area contributed by atoms with Crippen LogP contribution in [0.2, 0.25) is 0 Å². The van der Waals surface area contributed by atoms with Gasteiger partial charge in [0.25, 0.3) is 0 Å². The summed E-state index contributed by atoms with van der Waals surface area (Å²) in [6, 6.07) is 18.2. The van der Waals surface area contributed by atoms with E-state index in [0.717, 1.165) is 32.4 Å². The van der Waals surface area contributed by atoms with E-state index in [1.54, 1.807) is 0 Å². The molecule has 0 radical (unpaired) electrons.